The number of methoxy groups -OCH3 is 1. The van der Waals surface area contributed by atoms with Gasteiger partial charge in [-0.25, -0.2) is 4.98 Å². The van der Waals surface area contributed by atoms with Gasteiger partial charge in [0.25, 0.3) is 0 Å². The predicted octanol–water partition coefficient (Wildman–Crippen LogP) is 3.40. The van der Waals surface area contributed by atoms with E-state index in [1.807, 2.05) is 30.3 Å². The molecule has 3 aromatic rings. The summed E-state index contributed by atoms with van der Waals surface area (Å²) < 4.78 is 6.08. The molecule has 0 unspecified atom stereocenters. The summed E-state index contributed by atoms with van der Waals surface area (Å²) in [5.41, 5.74) is 2.70. The first-order valence-corrected chi connectivity index (χ1v) is 6.21. The molecule has 4 nitrogen and oxygen atoms in total. The molecule has 3 rings (SSSR count). The highest BCUT2D eigenvalue weighted by Gasteiger charge is 2.09. The molecule has 0 radical (unpaired) electrons. The summed E-state index contributed by atoms with van der Waals surface area (Å²) in [6, 6.07) is 9.80. The molecule has 0 aliphatic heterocycles. The van der Waals surface area contributed by atoms with Crippen LogP contribution in [0.3, 0.4) is 0 Å². The molecule has 0 atom stereocenters. The van der Waals surface area contributed by atoms with Gasteiger partial charge in [0.15, 0.2) is 5.65 Å². The maximum atomic E-state index is 5.15. The van der Waals surface area contributed by atoms with E-state index < -0.39 is 0 Å². The summed E-state index contributed by atoms with van der Waals surface area (Å²) in [5.74, 6) is 0.831. The minimum absolute atomic E-state index is 0.781. The molecule has 0 saturated carbocycles. The molecule has 0 amide bonds. The lowest BCUT2D eigenvalue weighted by Crippen LogP contribution is -1.83. The summed E-state index contributed by atoms with van der Waals surface area (Å²) in [6.45, 7) is 0. The highest BCUT2D eigenvalue weighted by atomic mass is 79.9. The smallest absolute Gasteiger partial charge is 0.155 e. The molecule has 2 heterocycles. The summed E-state index contributed by atoms with van der Waals surface area (Å²) in [7, 11) is 1.65. The summed E-state index contributed by atoms with van der Waals surface area (Å²) in [6.07, 6.45) is 1.75. The van der Waals surface area contributed by atoms with Gasteiger partial charge < -0.3 is 4.74 Å². The van der Waals surface area contributed by atoms with Crippen LogP contribution in [0.4, 0.5) is 0 Å². The highest BCUT2D eigenvalue weighted by Crippen LogP contribution is 2.28. The maximum Gasteiger partial charge on any atom is 0.155 e. The minimum Gasteiger partial charge on any atom is -0.497 e. The van der Waals surface area contributed by atoms with Crippen molar-refractivity contribution in [3.8, 4) is 17.0 Å². The van der Waals surface area contributed by atoms with E-state index in [-0.39, 0.29) is 0 Å². The quantitative estimate of drug-likeness (QED) is 0.789. The third kappa shape index (κ3) is 1.86. The molecule has 0 bridgehead atoms. The van der Waals surface area contributed by atoms with Crippen LogP contribution in [0.2, 0.25) is 0 Å². The number of nitrogens with zero attached hydrogens (tertiary/aromatic N) is 2. The van der Waals surface area contributed by atoms with Gasteiger partial charge in [-0.3, -0.25) is 5.10 Å². The van der Waals surface area contributed by atoms with Gasteiger partial charge in [-0.05, 0) is 46.3 Å². The average molecular weight is 304 g/mol. The standard InChI is InChI=1S/C13H10BrN3O/c1-18-10-4-2-8(3-5-10)12-11-6-9(14)7-15-13(11)17-16-12/h2-7H,1H3,(H,15,16,17). The van der Waals surface area contributed by atoms with Crippen molar-refractivity contribution in [2.75, 3.05) is 7.11 Å². The third-order valence-electron chi connectivity index (χ3n) is 2.75. The van der Waals surface area contributed by atoms with Crippen LogP contribution in [0, 0.1) is 0 Å². The van der Waals surface area contributed by atoms with Crippen molar-refractivity contribution in [3.63, 3.8) is 0 Å². The van der Waals surface area contributed by atoms with Crippen molar-refractivity contribution in [3.05, 3.63) is 41.0 Å². The molecule has 5 heteroatoms. The van der Waals surface area contributed by atoms with Gasteiger partial charge in [0, 0.05) is 21.6 Å². The van der Waals surface area contributed by atoms with E-state index >= 15 is 0 Å². The Balaban J connectivity index is 2.15. The summed E-state index contributed by atoms with van der Waals surface area (Å²) in [5, 5.41) is 8.24. The van der Waals surface area contributed by atoms with Gasteiger partial charge in [0.05, 0.1) is 7.11 Å². The van der Waals surface area contributed by atoms with Crippen LogP contribution < -0.4 is 4.74 Å². The van der Waals surface area contributed by atoms with Gasteiger partial charge in [0.1, 0.15) is 11.4 Å². The van der Waals surface area contributed by atoms with Crippen LogP contribution >= 0.6 is 15.9 Å². The Bertz CT molecular complexity index is 691. The molecular weight excluding hydrogens is 294 g/mol. The largest absolute Gasteiger partial charge is 0.497 e. The number of hydrogen-bond donors (Lipinski definition) is 1. The molecule has 0 aliphatic carbocycles. The fraction of sp³-hybridized carbons (Fsp3) is 0.0769. The maximum absolute atomic E-state index is 5.15. The molecule has 1 N–H and O–H groups in total. The number of halogens is 1. The second kappa shape index (κ2) is 4.42. The van der Waals surface area contributed by atoms with E-state index in [4.69, 9.17) is 4.74 Å². The van der Waals surface area contributed by atoms with Crippen molar-refractivity contribution in [2.45, 2.75) is 0 Å². The molecule has 90 valence electrons. The van der Waals surface area contributed by atoms with Crippen molar-refractivity contribution in [2.24, 2.45) is 0 Å². The summed E-state index contributed by atoms with van der Waals surface area (Å²) in [4.78, 5) is 4.27. The lowest BCUT2D eigenvalue weighted by molar-refractivity contribution is 0.415. The Kier molecular flexibility index (Phi) is 2.76. The topological polar surface area (TPSA) is 50.8 Å². The lowest BCUT2D eigenvalue weighted by atomic mass is 10.1. The number of nitrogens with one attached hydrogen (secondary N) is 1. The number of aromatic amines is 1. The van der Waals surface area contributed by atoms with E-state index in [2.05, 4.69) is 31.1 Å². The Morgan fingerprint density at radius 2 is 2.00 bits per heavy atom. The SMILES string of the molecule is COc1ccc(-c2n[nH]c3ncc(Br)cc23)cc1. The fourth-order valence-electron chi connectivity index (χ4n) is 1.85. The zero-order valence-corrected chi connectivity index (χ0v) is 11.2. The molecule has 0 aliphatic rings. The Morgan fingerprint density at radius 3 is 2.72 bits per heavy atom. The number of ether oxygens (including phenoxy) is 1. The van der Waals surface area contributed by atoms with Crippen LogP contribution in [-0.4, -0.2) is 22.3 Å². The normalized spacial score (nSPS) is 10.8. The monoisotopic (exact) mass is 303 g/mol. The Morgan fingerprint density at radius 1 is 1.22 bits per heavy atom. The van der Waals surface area contributed by atoms with Crippen LogP contribution in [-0.2, 0) is 0 Å². The number of hydrogen-bond acceptors (Lipinski definition) is 3. The van der Waals surface area contributed by atoms with Crippen molar-refractivity contribution in [1.29, 1.82) is 0 Å². The number of aromatic nitrogens is 3. The van der Waals surface area contributed by atoms with Gasteiger partial charge >= 0.3 is 0 Å². The van der Waals surface area contributed by atoms with Crippen molar-refractivity contribution < 1.29 is 4.74 Å². The number of H-pyrrole nitrogens is 1. The molecule has 2 aromatic heterocycles. The molecular formula is C13H10BrN3O. The van der Waals surface area contributed by atoms with Crippen LogP contribution in [0.25, 0.3) is 22.3 Å². The predicted molar refractivity (Wildman–Crippen MR) is 73.6 cm³/mol. The molecule has 0 fully saturated rings. The summed E-state index contributed by atoms with van der Waals surface area (Å²) >= 11 is 3.42. The molecule has 0 saturated heterocycles. The first-order chi connectivity index (χ1) is 8.78. The van der Waals surface area contributed by atoms with E-state index in [1.165, 1.54) is 0 Å². The number of benzene rings is 1. The minimum atomic E-state index is 0.781. The van der Waals surface area contributed by atoms with E-state index in [1.54, 1.807) is 13.3 Å². The van der Waals surface area contributed by atoms with Gasteiger partial charge in [-0.1, -0.05) is 0 Å². The second-order valence-corrected chi connectivity index (χ2v) is 4.77. The Hall–Kier alpha value is -1.88. The van der Waals surface area contributed by atoms with Crippen molar-refractivity contribution >= 4 is 27.0 Å². The average Bonchev–Trinajstić information content (AvgIpc) is 2.82. The highest BCUT2D eigenvalue weighted by molar-refractivity contribution is 9.10. The second-order valence-electron chi connectivity index (χ2n) is 3.85. The lowest BCUT2D eigenvalue weighted by Gasteiger charge is -2.01. The first-order valence-electron chi connectivity index (χ1n) is 5.42. The van der Waals surface area contributed by atoms with Crippen molar-refractivity contribution in [1.82, 2.24) is 15.2 Å². The number of fused-ring (bicyclic) bond motifs is 1. The molecule has 18 heavy (non-hydrogen) atoms. The third-order valence-corrected chi connectivity index (χ3v) is 3.18. The number of rotatable bonds is 2. The zero-order valence-electron chi connectivity index (χ0n) is 9.64. The van der Waals surface area contributed by atoms with E-state index in [0.717, 1.165) is 32.5 Å². The van der Waals surface area contributed by atoms with Crippen LogP contribution in [0.1, 0.15) is 0 Å². The first kappa shape index (κ1) is 11.2. The van der Waals surface area contributed by atoms with E-state index in [9.17, 15) is 0 Å². The van der Waals surface area contributed by atoms with Crippen LogP contribution in [0.5, 0.6) is 5.75 Å². The van der Waals surface area contributed by atoms with Gasteiger partial charge in [0.2, 0.25) is 0 Å². The Labute approximate surface area is 112 Å². The zero-order chi connectivity index (χ0) is 12.5. The van der Waals surface area contributed by atoms with Gasteiger partial charge in [-0.15, -0.1) is 0 Å². The molecule has 0 spiro atoms. The molecule has 1 aromatic carbocycles. The fourth-order valence-corrected chi connectivity index (χ4v) is 2.18. The number of pyridine rings is 1. The van der Waals surface area contributed by atoms with E-state index in [0.29, 0.717) is 0 Å². The van der Waals surface area contributed by atoms with Crippen LogP contribution in [0.15, 0.2) is 41.0 Å². The van der Waals surface area contributed by atoms with Gasteiger partial charge in [-0.2, -0.15) is 5.10 Å².